The Morgan fingerprint density at radius 3 is 1.27 bits per heavy atom. The molecule has 32 heteroatoms. The average Bonchev–Trinajstić information content (AvgIpc) is 1.59. The molecule has 0 aliphatic carbocycles. The van der Waals surface area contributed by atoms with E-state index in [0.717, 1.165) is 75.3 Å². The predicted octanol–water partition coefficient (Wildman–Crippen LogP) is 14.7. The van der Waals surface area contributed by atoms with E-state index in [1.54, 1.807) is 69.2 Å². The van der Waals surface area contributed by atoms with E-state index in [0.29, 0.717) is 155 Å². The first-order valence-corrected chi connectivity index (χ1v) is 46.5. The molecule has 4 N–H and O–H groups in total. The van der Waals surface area contributed by atoms with Gasteiger partial charge in [0.25, 0.3) is 11.8 Å². The molecule has 4 aliphatic rings. The molecule has 2 aromatic heterocycles. The molecule has 132 heavy (non-hydrogen) atoms. The van der Waals surface area contributed by atoms with Crippen molar-refractivity contribution in [1.82, 2.24) is 41.0 Å². The van der Waals surface area contributed by atoms with E-state index in [2.05, 4.69) is 43.4 Å². The Labute approximate surface area is 788 Å². The molecule has 0 bridgehead atoms. The lowest BCUT2D eigenvalue weighted by Gasteiger charge is -2.35. The van der Waals surface area contributed by atoms with Crippen LogP contribution in [0.2, 0.25) is 0 Å². The summed E-state index contributed by atoms with van der Waals surface area (Å²) in [6.07, 6.45) is 10.3. The zero-order valence-electron chi connectivity index (χ0n) is 77.9. The number of nitriles is 2. The van der Waals surface area contributed by atoms with Crippen LogP contribution >= 0.6 is 35.8 Å². The Hall–Kier alpha value is -11.9. The van der Waals surface area contributed by atoms with E-state index in [4.69, 9.17) is 57.3 Å². The van der Waals surface area contributed by atoms with Crippen LogP contribution in [0.4, 0.5) is 22.7 Å². The zero-order chi connectivity index (χ0) is 95.2. The number of thiazole rings is 1. The molecule has 700 valence electrons. The molecule has 0 radical (unpaired) electrons. The van der Waals surface area contributed by atoms with Crippen LogP contribution in [0.15, 0.2) is 162 Å². The van der Waals surface area contributed by atoms with E-state index in [1.165, 1.54) is 16.2 Å². The highest BCUT2D eigenvalue weighted by molar-refractivity contribution is 7.81. The molecule has 0 saturated carbocycles. The normalized spacial score (nSPS) is 17.5. The van der Waals surface area contributed by atoms with Crippen LogP contribution in [0.5, 0.6) is 11.5 Å². The van der Waals surface area contributed by atoms with Gasteiger partial charge in [-0.3, -0.25) is 53.1 Å². The zero-order valence-corrected chi connectivity index (χ0v) is 80.3. The van der Waals surface area contributed by atoms with Crippen molar-refractivity contribution in [2.24, 2.45) is 22.7 Å². The number of hydrogen-bond donors (Lipinski definition) is 4. The number of oxazole rings is 1. The maximum atomic E-state index is 14.0. The van der Waals surface area contributed by atoms with Gasteiger partial charge in [0, 0.05) is 89.0 Å². The van der Waals surface area contributed by atoms with Crippen molar-refractivity contribution < 1.29 is 71.2 Å². The first kappa shape index (κ1) is 101. The van der Waals surface area contributed by atoms with E-state index >= 15 is 0 Å². The third kappa shape index (κ3) is 25.9. The van der Waals surface area contributed by atoms with Crippen molar-refractivity contribution >= 4 is 116 Å². The standard InChI is InChI=1S/C50H61N7O8S.C50H61N7O7S2/c1-33-25-41(45(59)53-28-35-11-13-36(14-12-35)42-29-52-32-65-42)55(30-33)46(60)44(49(3,4)5)54-43(58)31-63-23-10-22-62-21-8-9-24-64-40-19-17-38(18-20-40)57-48(66)56(47(61)50(57,6)7)39-16-15-37(27-51)34(2)26-39;1-33-25-41(45(59)53-28-35-11-13-36(14-12-35)42-29-52-32-66-42)55(30-33)46(60)44(49(3,4)5)54-43(58)31-63-23-10-22-62-21-8-9-24-64-40-19-17-38(18-20-40)57-48(65)56(47(61)50(57,6)7)39-16-15-37(27-51)34(2)26-39/h2*11-20,26,29,32-33,41,44H,8-10,21-25,28,30-31H2,1-7H3,(H,53,59)(H,54,58)/t2*33-,41+,44-/m11/s1. The number of nitrogens with zero attached hydrogens (tertiary/aromatic N) is 10. The molecule has 4 aliphatic heterocycles. The molecule has 8 aromatic rings. The second-order valence-corrected chi connectivity index (χ2v) is 38.6. The minimum atomic E-state index is -0.920. The van der Waals surface area contributed by atoms with E-state index < -0.39 is 57.9 Å². The Kier molecular flexibility index (Phi) is 35.1. The number of rotatable bonds is 40. The minimum absolute atomic E-state index is 0.121. The number of ether oxygens (including phenoxy) is 6. The Morgan fingerprint density at radius 2 is 0.902 bits per heavy atom. The van der Waals surface area contributed by atoms with E-state index in [9.17, 15) is 48.9 Å². The highest BCUT2D eigenvalue weighted by atomic mass is 32.1. The molecule has 4 fully saturated rings. The van der Waals surface area contributed by atoms with Gasteiger partial charge in [-0.05, 0) is 253 Å². The average molecular weight is 1860 g/mol. The SMILES string of the molecule is Cc1cc(N2C(=O)C(C)(C)N(c3ccc(OCCCCOCCCOCC(=O)N[C@H](C(=O)N4C[C@H](C)C[C@H]4C(=O)NCc4ccc(-c5cnco5)cc4)C(C)(C)C)cc3)C2=S)ccc1C#N.Cc1cc(N2C(=O)C(C)(C)N(c3ccc(OCCCCOCCCOCC(=O)N[C@H](C(=O)N4C[C@H](C)C[C@H]4C(=O)NCc4ccc(-c5cncs5)cc4)C(C)(C)C)cc3)C2=S)ccc1C#N. The number of thiocarbonyl (C=S) groups is 2. The van der Waals surface area contributed by atoms with Crippen molar-refractivity contribution in [3.63, 3.8) is 0 Å². The molecule has 29 nitrogen and oxygen atoms in total. The van der Waals surface area contributed by atoms with E-state index in [-0.39, 0.29) is 60.5 Å². The fourth-order valence-electron chi connectivity index (χ4n) is 16.2. The smallest absolute Gasteiger partial charge is 0.259 e. The Balaban J connectivity index is 0.000000255. The largest absolute Gasteiger partial charge is 0.494 e. The van der Waals surface area contributed by atoms with Crippen LogP contribution in [0.25, 0.3) is 21.8 Å². The molecular formula is C100H122N14O15S3. The summed E-state index contributed by atoms with van der Waals surface area (Å²) in [5.74, 6) is 0.207. The van der Waals surface area contributed by atoms with E-state index in [1.807, 2.05) is 210 Å². The van der Waals surface area contributed by atoms with Gasteiger partial charge in [-0.2, -0.15) is 10.5 Å². The van der Waals surface area contributed by atoms with Crippen LogP contribution in [-0.2, 0) is 70.4 Å². The highest BCUT2D eigenvalue weighted by Crippen LogP contribution is 2.41. The number of aryl methyl sites for hydroxylation is 2. The number of anilines is 4. The number of likely N-dealkylation sites (tertiary alicyclic amines) is 2. The second-order valence-electron chi connectivity index (χ2n) is 37.0. The summed E-state index contributed by atoms with van der Waals surface area (Å²) in [5.41, 5.74) is 7.98. The predicted molar refractivity (Wildman–Crippen MR) is 514 cm³/mol. The summed E-state index contributed by atoms with van der Waals surface area (Å²) in [7, 11) is 0. The van der Waals surface area contributed by atoms with Crippen LogP contribution in [0.1, 0.15) is 168 Å². The van der Waals surface area contributed by atoms with Crippen molar-refractivity contribution in [3.05, 3.63) is 191 Å². The number of carbonyl (C=O) groups is 8. The van der Waals surface area contributed by atoms with Crippen molar-refractivity contribution in [2.45, 2.75) is 197 Å². The topological polar surface area (TPSA) is 346 Å². The number of carbonyl (C=O) groups excluding carboxylic acids is 8. The van der Waals surface area contributed by atoms with Crippen LogP contribution in [0, 0.1) is 59.2 Å². The van der Waals surface area contributed by atoms with Gasteiger partial charge in [-0.15, -0.1) is 11.3 Å². The maximum Gasteiger partial charge on any atom is 0.259 e. The van der Waals surface area contributed by atoms with Gasteiger partial charge in [0.1, 0.15) is 60.0 Å². The molecule has 6 aromatic carbocycles. The fraction of sp³-hybridized carbons (Fsp3) is 0.460. The molecule has 8 amide bonds. The lowest BCUT2D eigenvalue weighted by atomic mass is 9.85. The third-order valence-corrected chi connectivity index (χ3v) is 25.1. The summed E-state index contributed by atoms with van der Waals surface area (Å²) < 4.78 is 40.1. The second kappa shape index (κ2) is 46.0. The number of nitrogens with one attached hydrogen (secondary N) is 4. The first-order valence-electron chi connectivity index (χ1n) is 44.8. The molecule has 4 saturated heterocycles. The van der Waals surface area contributed by atoms with Crippen LogP contribution in [-0.4, -0.2) is 192 Å². The van der Waals surface area contributed by atoms with Gasteiger partial charge in [-0.1, -0.05) is 104 Å². The molecule has 6 atom stereocenters. The van der Waals surface area contributed by atoms with Gasteiger partial charge in [-0.25, -0.2) is 4.98 Å². The van der Waals surface area contributed by atoms with Crippen LogP contribution in [0.3, 0.4) is 0 Å². The Bertz CT molecular complexity index is 5090. The molecule has 0 unspecified atom stereocenters. The number of aromatic nitrogens is 2. The number of unbranched alkanes of at least 4 members (excludes halogenated alkanes) is 2. The maximum absolute atomic E-state index is 14.0. The van der Waals surface area contributed by atoms with Crippen LogP contribution < -0.4 is 50.3 Å². The number of amides is 8. The summed E-state index contributed by atoms with van der Waals surface area (Å²) in [6.45, 7) is 31.2. The lowest BCUT2D eigenvalue weighted by molar-refractivity contribution is -0.144. The van der Waals surface area contributed by atoms with Crippen molar-refractivity contribution in [2.75, 3.05) is 98.8 Å². The quantitative estimate of drug-likeness (QED) is 0.0205. The van der Waals surface area contributed by atoms with Gasteiger partial charge in [0.2, 0.25) is 35.4 Å². The summed E-state index contributed by atoms with van der Waals surface area (Å²) in [6, 6.07) is 42.5. The summed E-state index contributed by atoms with van der Waals surface area (Å²) >= 11 is 13.2. The summed E-state index contributed by atoms with van der Waals surface area (Å²) in [4.78, 5) is 127. The first-order chi connectivity index (χ1) is 63.0. The minimum Gasteiger partial charge on any atom is -0.494 e. The number of hydrogen-bond acceptors (Lipinski definition) is 22. The molecule has 12 rings (SSSR count). The van der Waals surface area contributed by atoms with Gasteiger partial charge >= 0.3 is 0 Å². The fourth-order valence-corrected chi connectivity index (χ4v) is 17.9. The van der Waals surface area contributed by atoms with Gasteiger partial charge in [0.05, 0.1) is 64.4 Å². The van der Waals surface area contributed by atoms with Gasteiger partial charge < -0.3 is 73.7 Å². The van der Waals surface area contributed by atoms with Gasteiger partial charge in [0.15, 0.2) is 22.4 Å². The van der Waals surface area contributed by atoms with Crippen molar-refractivity contribution in [1.29, 1.82) is 10.5 Å². The molecule has 6 heterocycles. The molecular weight excluding hydrogens is 1730 g/mol. The van der Waals surface area contributed by atoms with Crippen molar-refractivity contribution in [3.8, 4) is 45.4 Å². The molecule has 0 spiro atoms. The summed E-state index contributed by atoms with van der Waals surface area (Å²) in [5, 5.41) is 31.2. The Morgan fingerprint density at radius 1 is 0.515 bits per heavy atom. The third-order valence-electron chi connectivity index (χ3n) is 23.5. The lowest BCUT2D eigenvalue weighted by Crippen LogP contribution is -2.58. The monoisotopic (exact) mass is 1850 g/mol. The highest BCUT2D eigenvalue weighted by Gasteiger charge is 2.53. The number of benzene rings is 6.